The summed E-state index contributed by atoms with van der Waals surface area (Å²) in [5.74, 6) is 5.38. The maximum absolute atomic E-state index is 12.4. The summed E-state index contributed by atoms with van der Waals surface area (Å²) < 4.78 is 42.4. The van der Waals surface area contributed by atoms with Crippen LogP contribution in [0.25, 0.3) is 0 Å². The Morgan fingerprint density at radius 3 is 2.04 bits per heavy atom. The molecule has 3 unspecified atom stereocenters. The van der Waals surface area contributed by atoms with Crippen LogP contribution in [0.1, 0.15) is 110 Å². The highest BCUT2D eigenvalue weighted by molar-refractivity contribution is 7.59. The Balaban J connectivity index is 0.000000266. The highest BCUT2D eigenvalue weighted by atomic mass is 32.1. The van der Waals surface area contributed by atoms with Gasteiger partial charge in [0.2, 0.25) is 0 Å². The van der Waals surface area contributed by atoms with Crippen LogP contribution in [0.4, 0.5) is 4.53 Å². The summed E-state index contributed by atoms with van der Waals surface area (Å²) in [5, 5.41) is 0. The Labute approximate surface area is 296 Å². The van der Waals surface area contributed by atoms with Gasteiger partial charge in [-0.2, -0.15) is 13.5 Å². The fourth-order valence-electron chi connectivity index (χ4n) is 10.5. The lowest BCUT2D eigenvalue weighted by molar-refractivity contribution is -0.141. The molecule has 6 rings (SSSR count). The number of hydrogen-bond donors (Lipinski definition) is 0. The van der Waals surface area contributed by atoms with E-state index in [1.54, 1.807) is 48.5 Å². The lowest BCUT2D eigenvalue weighted by Gasteiger charge is -2.61. The first-order valence-corrected chi connectivity index (χ1v) is 19.4. The smallest absolute Gasteiger partial charge is 0.469 e. The van der Waals surface area contributed by atoms with E-state index in [9.17, 15) is 13.9 Å². The molecule has 9 heteroatoms. The molecule has 4 aliphatic rings. The molecule has 0 aliphatic heterocycles. The molecule has 270 valence electrons. The Kier molecular flexibility index (Phi) is 14.2. The zero-order chi connectivity index (χ0) is 33.5. The third kappa shape index (κ3) is 8.96. The lowest BCUT2D eigenvalue weighted by Crippen LogP contribution is -2.53. The first-order chi connectivity index (χ1) is 22.6. The molecule has 0 saturated heterocycles. The summed E-state index contributed by atoms with van der Waals surface area (Å²) >= 11 is 0. The first kappa shape index (κ1) is 39.1. The predicted molar refractivity (Wildman–Crippen MR) is 195 cm³/mol. The summed E-state index contributed by atoms with van der Waals surface area (Å²) in [7, 11) is -2.68. The maximum Gasteiger partial charge on any atom is 0.506 e. The minimum absolute atomic E-state index is 0. The lowest BCUT2D eigenvalue weighted by atomic mass is 9.44. The van der Waals surface area contributed by atoms with E-state index in [0.29, 0.717) is 23.2 Å². The van der Waals surface area contributed by atoms with Crippen molar-refractivity contribution in [2.24, 2.45) is 46.3 Å². The summed E-state index contributed by atoms with van der Waals surface area (Å²) in [6.07, 6.45) is 16.4. The van der Waals surface area contributed by atoms with Crippen LogP contribution in [-0.4, -0.2) is 13.1 Å². The zero-order valence-electron chi connectivity index (χ0n) is 29.4. The van der Waals surface area contributed by atoms with Gasteiger partial charge in [0.1, 0.15) is 0 Å². The van der Waals surface area contributed by atoms with Gasteiger partial charge in [0, 0.05) is 7.85 Å². The average Bonchev–Trinajstić information content (AvgIpc) is 3.47. The average molecular weight is 707 g/mol. The van der Waals surface area contributed by atoms with Crippen LogP contribution >= 0.6 is 21.3 Å². The van der Waals surface area contributed by atoms with Gasteiger partial charge in [-0.3, -0.25) is 13.8 Å². The van der Waals surface area contributed by atoms with E-state index in [4.69, 9.17) is 13.8 Å². The van der Waals surface area contributed by atoms with Crippen LogP contribution in [0, 0.1) is 46.3 Å². The Bertz CT molecular complexity index is 1290. The number of methoxy groups -OCH3 is 1. The molecule has 0 heterocycles. The van der Waals surface area contributed by atoms with Crippen LogP contribution in [0.3, 0.4) is 0 Å². The molecule has 2 aromatic carbocycles. The van der Waals surface area contributed by atoms with Gasteiger partial charge >= 0.3 is 13.8 Å². The third-order valence-corrected chi connectivity index (χ3v) is 14.0. The van der Waals surface area contributed by atoms with Crippen molar-refractivity contribution < 1.29 is 33.8 Å². The van der Waals surface area contributed by atoms with Gasteiger partial charge in [0.15, 0.2) is 0 Å². The molecule has 48 heavy (non-hydrogen) atoms. The SMILES string of the molecule is COC(=O)CC[C@@H](C)C1CCC2[C@@H]3CC[C@@H]4CCCC[C@]4(C)C3CC[C@@]21C.O=P(OF)(OCc1ccccc1)OCc1ccccc1.S.[HH]. The molecule has 0 amide bonds. The van der Waals surface area contributed by atoms with E-state index in [-0.39, 0.29) is 34.1 Å². The van der Waals surface area contributed by atoms with E-state index in [1.807, 2.05) is 12.1 Å². The molecule has 0 spiro atoms. The standard InChI is InChI=1S/C25H42O2.C14H14FO4P.H2S.H2/c1-17(8-13-23(26)27-4)20-11-12-21-19-10-9-18-7-5-6-15-24(18,2)22(19)14-16-25(20,21)3;15-19-20(16,17-11-13-7-3-1-4-8-13)18-12-14-9-5-2-6-10-14;;/h17-22H,5-16H2,1-4H3;1-10H,11-12H2;1H2;1H/t17-,18+,19+,20?,21?,22?,24+,25-;;;/m1.../s1. The Morgan fingerprint density at radius 1 is 0.854 bits per heavy atom. The first-order valence-electron chi connectivity index (χ1n) is 18.0. The van der Waals surface area contributed by atoms with Crippen molar-refractivity contribution in [2.75, 3.05) is 7.11 Å². The van der Waals surface area contributed by atoms with E-state index >= 15 is 0 Å². The van der Waals surface area contributed by atoms with Crippen LogP contribution < -0.4 is 0 Å². The second kappa shape index (κ2) is 17.5. The van der Waals surface area contributed by atoms with Crippen molar-refractivity contribution in [3.05, 3.63) is 71.8 Å². The zero-order valence-corrected chi connectivity index (χ0v) is 31.3. The second-order valence-corrected chi connectivity index (χ2v) is 16.8. The van der Waals surface area contributed by atoms with E-state index in [0.717, 1.165) is 47.1 Å². The van der Waals surface area contributed by atoms with E-state index < -0.39 is 7.82 Å². The van der Waals surface area contributed by atoms with Gasteiger partial charge in [-0.1, -0.05) is 99.0 Å². The largest absolute Gasteiger partial charge is 0.506 e. The number of rotatable bonds is 11. The van der Waals surface area contributed by atoms with E-state index in [1.165, 1.54) is 71.3 Å². The second-order valence-electron chi connectivity index (χ2n) is 15.3. The predicted octanol–water partition coefficient (Wildman–Crippen LogP) is 11.4. The molecular weight excluding hydrogens is 646 g/mol. The number of halogens is 1. The van der Waals surface area contributed by atoms with Crippen molar-refractivity contribution >= 4 is 27.3 Å². The molecule has 4 aliphatic carbocycles. The quantitative estimate of drug-likeness (QED) is 0.171. The summed E-state index contributed by atoms with van der Waals surface area (Å²) in [5.41, 5.74) is 2.66. The van der Waals surface area contributed by atoms with Gasteiger partial charge < -0.3 is 4.74 Å². The molecule has 0 radical (unpaired) electrons. The molecule has 4 fully saturated rings. The number of phosphoric ester groups is 1. The maximum atomic E-state index is 12.4. The molecular formula is C39H60FO6PS. The Hall–Kier alpha value is -1.70. The van der Waals surface area contributed by atoms with Gasteiger partial charge in [-0.15, -0.1) is 0 Å². The number of carbonyl (C=O) groups excluding carboxylic acids is 1. The number of ether oxygens (including phenoxy) is 1. The summed E-state index contributed by atoms with van der Waals surface area (Å²) in [6, 6.07) is 17.9. The van der Waals surface area contributed by atoms with Crippen molar-refractivity contribution in [1.82, 2.24) is 0 Å². The number of benzene rings is 2. The third-order valence-electron chi connectivity index (χ3n) is 12.9. The fraction of sp³-hybridized carbons (Fsp3) is 0.667. The monoisotopic (exact) mass is 706 g/mol. The van der Waals surface area contributed by atoms with Crippen molar-refractivity contribution in [1.29, 1.82) is 0 Å². The highest BCUT2D eigenvalue weighted by Gasteiger charge is 2.60. The van der Waals surface area contributed by atoms with Crippen molar-refractivity contribution in [3.8, 4) is 0 Å². The topological polar surface area (TPSA) is 71.1 Å². The molecule has 8 atom stereocenters. The van der Waals surface area contributed by atoms with Gasteiger partial charge in [-0.25, -0.2) is 4.57 Å². The van der Waals surface area contributed by atoms with Crippen LogP contribution in [0.5, 0.6) is 0 Å². The van der Waals surface area contributed by atoms with Gasteiger partial charge in [0.05, 0.1) is 20.3 Å². The molecule has 2 aromatic rings. The summed E-state index contributed by atoms with van der Waals surface area (Å²) in [4.78, 5) is 11.6. The van der Waals surface area contributed by atoms with Crippen LogP contribution in [0.15, 0.2) is 60.7 Å². The number of phosphoric acid groups is 1. The minimum atomic E-state index is -4.20. The molecule has 0 aromatic heterocycles. The highest BCUT2D eigenvalue weighted by Crippen LogP contribution is 2.68. The Morgan fingerprint density at radius 2 is 1.46 bits per heavy atom. The molecule has 0 bridgehead atoms. The van der Waals surface area contributed by atoms with E-state index in [2.05, 4.69) is 25.5 Å². The van der Waals surface area contributed by atoms with Crippen molar-refractivity contribution in [2.45, 2.75) is 111 Å². The fourth-order valence-corrected chi connectivity index (χ4v) is 11.2. The molecule has 0 N–H and O–H groups in total. The van der Waals surface area contributed by atoms with Gasteiger partial charge in [0.25, 0.3) is 0 Å². The summed E-state index contributed by atoms with van der Waals surface area (Å²) in [6.45, 7) is 7.61. The molecule has 6 nitrogen and oxygen atoms in total. The van der Waals surface area contributed by atoms with Crippen molar-refractivity contribution in [3.63, 3.8) is 0 Å². The minimum Gasteiger partial charge on any atom is -0.469 e. The normalized spacial score (nSPS) is 31.5. The number of fused-ring (bicyclic) bond motifs is 5. The van der Waals surface area contributed by atoms with Crippen LogP contribution in [0.2, 0.25) is 0 Å². The van der Waals surface area contributed by atoms with Crippen LogP contribution in [-0.2, 0) is 41.1 Å². The number of carbonyl (C=O) groups is 1. The number of hydrogen-bond acceptors (Lipinski definition) is 6. The molecule has 4 saturated carbocycles. The number of esters is 1. The van der Waals surface area contributed by atoms with Gasteiger partial charge in [-0.05, 0) is 120 Å².